The molecule has 3 aromatic carbocycles. The first-order chi connectivity index (χ1) is 19.0. The fraction of sp³-hybridized carbons (Fsp3) is 0.355. The van der Waals surface area contributed by atoms with Gasteiger partial charge in [0.25, 0.3) is 10.0 Å². The van der Waals surface area contributed by atoms with Crippen molar-refractivity contribution in [2.24, 2.45) is 0 Å². The largest absolute Gasteiger partial charge is 0.497 e. The Morgan fingerprint density at radius 3 is 2.27 bits per heavy atom. The summed E-state index contributed by atoms with van der Waals surface area (Å²) in [5.74, 6) is -0.199. The number of amides is 2. The second kappa shape index (κ2) is 13.5. The highest BCUT2D eigenvalue weighted by atomic mass is 32.2. The molecule has 0 saturated carbocycles. The first-order valence-electron chi connectivity index (χ1n) is 13.4. The number of hydrogen-bond acceptors (Lipinski definition) is 5. The summed E-state index contributed by atoms with van der Waals surface area (Å²) < 4.78 is 34.4. The molecule has 2 atom stereocenters. The zero-order valence-electron chi connectivity index (χ0n) is 24.0. The molecule has 0 fully saturated rings. The molecule has 0 saturated heterocycles. The van der Waals surface area contributed by atoms with E-state index in [2.05, 4.69) is 5.32 Å². The highest BCUT2D eigenvalue weighted by Crippen LogP contribution is 2.29. The number of carbonyl (C=O) groups is 2. The second-order valence-electron chi connectivity index (χ2n) is 9.91. The number of rotatable bonds is 12. The second-order valence-corrected chi connectivity index (χ2v) is 11.8. The number of nitrogens with one attached hydrogen (secondary N) is 1. The first-order valence-corrected chi connectivity index (χ1v) is 14.8. The van der Waals surface area contributed by atoms with Gasteiger partial charge in [0.1, 0.15) is 18.3 Å². The molecule has 40 heavy (non-hydrogen) atoms. The molecular formula is C31H39N3O5S. The van der Waals surface area contributed by atoms with E-state index in [1.165, 1.54) is 17.0 Å². The zero-order valence-corrected chi connectivity index (χ0v) is 24.9. The normalized spacial score (nSPS) is 12.8. The van der Waals surface area contributed by atoms with Crippen molar-refractivity contribution in [2.45, 2.75) is 64.6 Å². The lowest BCUT2D eigenvalue weighted by Crippen LogP contribution is -2.52. The van der Waals surface area contributed by atoms with Gasteiger partial charge in [-0.3, -0.25) is 13.9 Å². The van der Waals surface area contributed by atoms with Crippen LogP contribution in [-0.4, -0.2) is 50.9 Å². The Morgan fingerprint density at radius 1 is 0.950 bits per heavy atom. The molecule has 0 aliphatic carbocycles. The minimum absolute atomic E-state index is 0.0746. The number of hydrogen-bond donors (Lipinski definition) is 1. The number of benzene rings is 3. The van der Waals surface area contributed by atoms with Crippen LogP contribution in [0.3, 0.4) is 0 Å². The van der Waals surface area contributed by atoms with E-state index in [0.29, 0.717) is 11.4 Å². The molecule has 0 heterocycles. The third kappa shape index (κ3) is 7.21. The van der Waals surface area contributed by atoms with Gasteiger partial charge in [0.05, 0.1) is 17.7 Å². The molecule has 3 aromatic rings. The third-order valence-corrected chi connectivity index (χ3v) is 8.88. The number of anilines is 1. The van der Waals surface area contributed by atoms with Gasteiger partial charge < -0.3 is 15.0 Å². The average molecular weight is 566 g/mol. The van der Waals surface area contributed by atoms with Gasteiger partial charge >= 0.3 is 0 Å². The summed E-state index contributed by atoms with van der Waals surface area (Å²) in [5.41, 5.74) is 2.81. The van der Waals surface area contributed by atoms with Gasteiger partial charge in [-0.05, 0) is 81.1 Å². The lowest BCUT2D eigenvalue weighted by Gasteiger charge is -2.33. The van der Waals surface area contributed by atoms with E-state index in [0.717, 1.165) is 27.4 Å². The van der Waals surface area contributed by atoms with Crippen molar-refractivity contribution in [2.75, 3.05) is 18.0 Å². The van der Waals surface area contributed by atoms with Gasteiger partial charge in [-0.2, -0.15) is 0 Å². The van der Waals surface area contributed by atoms with Crippen LogP contribution in [0.15, 0.2) is 77.7 Å². The minimum atomic E-state index is -4.11. The van der Waals surface area contributed by atoms with Crippen LogP contribution in [0, 0.1) is 13.8 Å². The molecule has 0 aliphatic heterocycles. The van der Waals surface area contributed by atoms with E-state index in [4.69, 9.17) is 4.74 Å². The molecule has 3 rings (SSSR count). The van der Waals surface area contributed by atoms with E-state index < -0.39 is 28.5 Å². The quantitative estimate of drug-likeness (QED) is 0.339. The SMILES string of the molecule is CC[C@H](C)NC(=O)[C@H](C)N(Cc1cccc(OC)c1)C(=O)CN(c1cccc(C)c1C)S(=O)(=O)c1ccccc1. The van der Waals surface area contributed by atoms with Crippen molar-refractivity contribution in [3.05, 3.63) is 89.5 Å². The van der Waals surface area contributed by atoms with Crippen LogP contribution in [0.25, 0.3) is 0 Å². The van der Waals surface area contributed by atoms with Crippen molar-refractivity contribution in [1.82, 2.24) is 10.2 Å². The van der Waals surface area contributed by atoms with Gasteiger partial charge in [-0.1, -0.05) is 49.4 Å². The lowest BCUT2D eigenvalue weighted by atomic mass is 10.1. The summed E-state index contributed by atoms with van der Waals surface area (Å²) in [7, 11) is -2.55. The molecule has 0 bridgehead atoms. The summed E-state index contributed by atoms with van der Waals surface area (Å²) >= 11 is 0. The van der Waals surface area contributed by atoms with E-state index in [9.17, 15) is 18.0 Å². The van der Waals surface area contributed by atoms with Gasteiger partial charge in [0, 0.05) is 12.6 Å². The highest BCUT2D eigenvalue weighted by Gasteiger charge is 2.33. The number of ether oxygens (including phenoxy) is 1. The van der Waals surface area contributed by atoms with Crippen molar-refractivity contribution in [3.63, 3.8) is 0 Å². The maximum Gasteiger partial charge on any atom is 0.264 e. The van der Waals surface area contributed by atoms with Gasteiger partial charge in [0.2, 0.25) is 11.8 Å². The molecular weight excluding hydrogens is 526 g/mol. The zero-order chi connectivity index (χ0) is 29.4. The van der Waals surface area contributed by atoms with Crippen LogP contribution in [0.5, 0.6) is 5.75 Å². The molecule has 2 amide bonds. The van der Waals surface area contributed by atoms with Crippen molar-refractivity contribution in [3.8, 4) is 5.75 Å². The van der Waals surface area contributed by atoms with Crippen LogP contribution in [0.4, 0.5) is 5.69 Å². The molecule has 0 aromatic heterocycles. The molecule has 8 nitrogen and oxygen atoms in total. The van der Waals surface area contributed by atoms with E-state index in [1.54, 1.807) is 56.5 Å². The Bertz CT molecular complexity index is 1430. The number of sulfonamides is 1. The summed E-state index contributed by atoms with van der Waals surface area (Å²) in [5, 5.41) is 2.94. The number of methoxy groups -OCH3 is 1. The first kappa shape index (κ1) is 30.7. The van der Waals surface area contributed by atoms with Crippen molar-refractivity contribution >= 4 is 27.5 Å². The fourth-order valence-electron chi connectivity index (χ4n) is 4.25. The predicted molar refractivity (Wildman–Crippen MR) is 158 cm³/mol. The Hall–Kier alpha value is -3.85. The Labute approximate surface area is 238 Å². The summed E-state index contributed by atoms with van der Waals surface area (Å²) in [6.07, 6.45) is 0.734. The smallest absolute Gasteiger partial charge is 0.264 e. The number of aryl methyl sites for hydroxylation is 1. The standard InChI is InChI=1S/C31H39N3O5S/c1-7-23(3)32-31(36)25(5)33(20-26-14-12-15-27(19-26)39-6)30(35)21-34(29-18-11-13-22(2)24(29)4)40(37,38)28-16-9-8-10-17-28/h8-19,23,25H,7,20-21H2,1-6H3,(H,32,36)/t23-,25-/m0/s1. The molecule has 0 aliphatic rings. The van der Waals surface area contributed by atoms with Crippen molar-refractivity contribution < 1.29 is 22.7 Å². The molecule has 214 valence electrons. The Balaban J connectivity index is 2.06. The van der Waals surface area contributed by atoms with Gasteiger partial charge in [0.15, 0.2) is 0 Å². The van der Waals surface area contributed by atoms with Crippen LogP contribution in [-0.2, 0) is 26.2 Å². The molecule has 0 unspecified atom stereocenters. The van der Waals surface area contributed by atoms with E-state index in [1.807, 2.05) is 45.9 Å². The summed E-state index contributed by atoms with van der Waals surface area (Å²) in [4.78, 5) is 28.7. The topological polar surface area (TPSA) is 96.0 Å². The number of nitrogens with zero attached hydrogens (tertiary/aromatic N) is 2. The molecule has 0 spiro atoms. The van der Waals surface area contributed by atoms with Crippen LogP contribution in [0.2, 0.25) is 0 Å². The lowest BCUT2D eigenvalue weighted by molar-refractivity contribution is -0.139. The van der Waals surface area contributed by atoms with Gasteiger partial charge in [-0.15, -0.1) is 0 Å². The van der Waals surface area contributed by atoms with E-state index >= 15 is 0 Å². The van der Waals surface area contributed by atoms with E-state index in [-0.39, 0.29) is 23.4 Å². The third-order valence-electron chi connectivity index (χ3n) is 7.11. The van der Waals surface area contributed by atoms with Crippen LogP contribution >= 0.6 is 0 Å². The summed E-state index contributed by atoms with van der Waals surface area (Å²) in [6.45, 7) is 8.86. The highest BCUT2D eigenvalue weighted by molar-refractivity contribution is 7.92. The van der Waals surface area contributed by atoms with Crippen LogP contribution < -0.4 is 14.4 Å². The number of carbonyl (C=O) groups excluding carboxylic acids is 2. The Morgan fingerprint density at radius 2 is 1.62 bits per heavy atom. The van der Waals surface area contributed by atoms with Crippen LogP contribution in [0.1, 0.15) is 43.9 Å². The maximum absolute atomic E-state index is 14.1. The maximum atomic E-state index is 14.1. The average Bonchev–Trinajstić information content (AvgIpc) is 2.96. The molecule has 9 heteroatoms. The molecule has 1 N–H and O–H groups in total. The fourth-order valence-corrected chi connectivity index (χ4v) is 5.75. The predicted octanol–water partition coefficient (Wildman–Crippen LogP) is 4.84. The summed E-state index contributed by atoms with van der Waals surface area (Å²) in [6, 6.07) is 19.7. The van der Waals surface area contributed by atoms with Crippen molar-refractivity contribution in [1.29, 1.82) is 0 Å². The molecule has 0 radical (unpaired) electrons. The Kier molecular flexibility index (Phi) is 10.3. The van der Waals surface area contributed by atoms with Gasteiger partial charge in [-0.25, -0.2) is 8.42 Å². The monoisotopic (exact) mass is 565 g/mol. The minimum Gasteiger partial charge on any atom is -0.497 e.